The van der Waals surface area contributed by atoms with E-state index in [1.807, 2.05) is 6.92 Å². The highest BCUT2D eigenvalue weighted by Gasteiger charge is 2.48. The van der Waals surface area contributed by atoms with Gasteiger partial charge < -0.3 is 9.84 Å². The molecule has 9 heteroatoms. The Morgan fingerprint density at radius 1 is 1.11 bits per heavy atom. The lowest BCUT2D eigenvalue weighted by molar-refractivity contribution is -0.132. The van der Waals surface area contributed by atoms with Crippen molar-refractivity contribution in [2.45, 2.75) is 13.0 Å². The fourth-order valence-electron chi connectivity index (χ4n) is 4.01. The molecule has 0 unspecified atom stereocenters. The van der Waals surface area contributed by atoms with Crippen molar-refractivity contribution >= 4 is 55.7 Å². The smallest absolute Gasteiger partial charge is 0.301 e. The van der Waals surface area contributed by atoms with E-state index in [1.54, 1.807) is 48.5 Å². The Labute approximate surface area is 208 Å². The second-order valence-electron chi connectivity index (χ2n) is 7.79. The van der Waals surface area contributed by atoms with E-state index >= 15 is 0 Å². The minimum atomic E-state index is -0.952. The second kappa shape index (κ2) is 9.13. The summed E-state index contributed by atoms with van der Waals surface area (Å²) in [5, 5.41) is 11.8. The number of aliphatic hydroxyl groups excluding tert-OH is 1. The molecule has 3 aromatic carbocycles. The number of carbonyl (C=O) groups excluding carboxylic acids is 2. The number of hydrogen-bond donors (Lipinski definition) is 1. The summed E-state index contributed by atoms with van der Waals surface area (Å²) in [4.78, 5) is 32.3. The number of amides is 1. The number of fused-ring (bicyclic) bond motifs is 1. The highest BCUT2D eigenvalue weighted by molar-refractivity contribution is 7.22. The van der Waals surface area contributed by atoms with Gasteiger partial charge in [0.15, 0.2) is 5.13 Å². The summed E-state index contributed by atoms with van der Waals surface area (Å²) >= 11 is 7.06. The molecule has 1 N–H and O–H groups in total. The maximum absolute atomic E-state index is 13.8. The monoisotopic (exact) mass is 508 g/mol. The average molecular weight is 509 g/mol. The number of anilines is 1. The van der Waals surface area contributed by atoms with Gasteiger partial charge in [-0.25, -0.2) is 9.37 Å². The molecule has 1 aliphatic rings. The zero-order valence-electron chi connectivity index (χ0n) is 18.4. The van der Waals surface area contributed by atoms with Crippen molar-refractivity contribution in [3.63, 3.8) is 0 Å². The predicted molar refractivity (Wildman–Crippen MR) is 133 cm³/mol. The van der Waals surface area contributed by atoms with Crippen LogP contribution in [-0.2, 0) is 9.59 Å². The number of halogens is 2. The number of Topliss-reactive ketones (excluding diaryl/α,β-unsaturated/α-hetero) is 1. The van der Waals surface area contributed by atoms with Crippen LogP contribution in [0.4, 0.5) is 9.52 Å². The van der Waals surface area contributed by atoms with Crippen LogP contribution in [0.1, 0.15) is 24.1 Å². The minimum absolute atomic E-state index is 0.0769. The molecule has 0 aliphatic carbocycles. The van der Waals surface area contributed by atoms with Gasteiger partial charge in [-0.15, -0.1) is 0 Å². The quantitative estimate of drug-likeness (QED) is 0.200. The number of benzene rings is 3. The van der Waals surface area contributed by atoms with Crippen LogP contribution >= 0.6 is 22.9 Å². The number of ether oxygens (including phenoxy) is 1. The number of nitrogens with zero attached hydrogens (tertiary/aromatic N) is 2. The van der Waals surface area contributed by atoms with Gasteiger partial charge in [-0.05, 0) is 67.1 Å². The highest BCUT2D eigenvalue weighted by atomic mass is 35.5. The van der Waals surface area contributed by atoms with Crippen LogP contribution < -0.4 is 9.64 Å². The Kier molecular flexibility index (Phi) is 6.00. The molecule has 1 aromatic heterocycles. The lowest BCUT2D eigenvalue weighted by Gasteiger charge is -2.23. The Morgan fingerprint density at radius 3 is 2.51 bits per heavy atom. The topological polar surface area (TPSA) is 79.7 Å². The highest BCUT2D eigenvalue weighted by Crippen LogP contribution is 2.44. The first-order valence-corrected chi connectivity index (χ1v) is 11.9. The molecule has 4 aromatic rings. The molecule has 0 bridgehead atoms. The van der Waals surface area contributed by atoms with E-state index in [-0.39, 0.29) is 16.5 Å². The number of ketones is 1. The zero-order chi connectivity index (χ0) is 24.7. The summed E-state index contributed by atoms with van der Waals surface area (Å²) in [6.45, 7) is 2.35. The Bertz CT molecular complexity index is 1480. The normalized spacial score (nSPS) is 17.3. The molecule has 0 saturated carbocycles. The third-order valence-corrected chi connectivity index (χ3v) is 6.88. The van der Waals surface area contributed by atoms with Gasteiger partial charge in [-0.1, -0.05) is 35.1 Å². The molecule has 2 heterocycles. The first-order valence-electron chi connectivity index (χ1n) is 10.7. The number of hydrogen-bond acceptors (Lipinski definition) is 6. The number of aliphatic hydroxyl groups is 1. The standard InChI is InChI=1S/C26H18ClFN2O4S/c1-2-34-18-10-5-14(6-11-18)22-21(23(31)15-3-7-16(27)8-4-15)24(32)25(33)30(22)26-29-19-12-9-17(28)13-20(19)35-26/h3-13,22,31H,2H2,1H3/b23-21+/t22-/m1/s1. The van der Waals surface area contributed by atoms with E-state index < -0.39 is 23.5 Å². The number of rotatable bonds is 5. The molecule has 35 heavy (non-hydrogen) atoms. The van der Waals surface area contributed by atoms with Crippen LogP contribution in [0.15, 0.2) is 72.3 Å². The fraction of sp³-hybridized carbons (Fsp3) is 0.115. The number of aromatic nitrogens is 1. The molecule has 0 spiro atoms. The summed E-state index contributed by atoms with van der Waals surface area (Å²) in [5.41, 5.74) is 1.34. The van der Waals surface area contributed by atoms with Crippen molar-refractivity contribution < 1.29 is 23.8 Å². The lowest BCUT2D eigenvalue weighted by atomic mass is 9.95. The van der Waals surface area contributed by atoms with Crippen molar-refractivity contribution in [3.05, 3.63) is 94.3 Å². The molecule has 1 saturated heterocycles. The van der Waals surface area contributed by atoms with E-state index in [4.69, 9.17) is 16.3 Å². The van der Waals surface area contributed by atoms with Gasteiger partial charge in [-0.2, -0.15) is 0 Å². The summed E-state index contributed by atoms with van der Waals surface area (Å²) in [5.74, 6) is -1.81. The van der Waals surface area contributed by atoms with Crippen LogP contribution in [0.3, 0.4) is 0 Å². The van der Waals surface area contributed by atoms with Crippen molar-refractivity contribution in [2.75, 3.05) is 11.5 Å². The third-order valence-electron chi connectivity index (χ3n) is 5.61. The molecule has 1 amide bonds. The van der Waals surface area contributed by atoms with Crippen molar-refractivity contribution in [1.29, 1.82) is 0 Å². The Hall–Kier alpha value is -3.75. The maximum Gasteiger partial charge on any atom is 0.301 e. The van der Waals surface area contributed by atoms with Gasteiger partial charge in [0.05, 0.1) is 28.4 Å². The van der Waals surface area contributed by atoms with E-state index in [9.17, 15) is 19.1 Å². The van der Waals surface area contributed by atoms with E-state index in [0.29, 0.717) is 38.7 Å². The van der Waals surface area contributed by atoms with Crippen molar-refractivity contribution in [1.82, 2.24) is 4.98 Å². The molecule has 5 rings (SSSR count). The lowest BCUT2D eigenvalue weighted by Crippen LogP contribution is -2.29. The first kappa shape index (κ1) is 23.0. The summed E-state index contributed by atoms with van der Waals surface area (Å²) < 4.78 is 19.8. The van der Waals surface area contributed by atoms with Crippen LogP contribution in [0.5, 0.6) is 5.75 Å². The maximum atomic E-state index is 13.8. The Morgan fingerprint density at radius 2 is 1.83 bits per heavy atom. The molecule has 1 atom stereocenters. The zero-order valence-corrected chi connectivity index (χ0v) is 19.9. The summed E-state index contributed by atoms with van der Waals surface area (Å²) in [6, 6.07) is 16.4. The Balaban J connectivity index is 1.70. The van der Waals surface area contributed by atoms with Crippen LogP contribution in [0, 0.1) is 5.82 Å². The van der Waals surface area contributed by atoms with Gasteiger partial charge in [0.25, 0.3) is 5.78 Å². The fourth-order valence-corrected chi connectivity index (χ4v) is 5.15. The molecular weight excluding hydrogens is 491 g/mol. The minimum Gasteiger partial charge on any atom is -0.507 e. The predicted octanol–water partition coefficient (Wildman–Crippen LogP) is 6.11. The summed E-state index contributed by atoms with van der Waals surface area (Å²) in [6.07, 6.45) is 0. The second-order valence-corrected chi connectivity index (χ2v) is 9.23. The van der Waals surface area contributed by atoms with Crippen LogP contribution in [0.2, 0.25) is 5.02 Å². The van der Waals surface area contributed by atoms with E-state index in [0.717, 1.165) is 11.3 Å². The molecule has 0 radical (unpaired) electrons. The van der Waals surface area contributed by atoms with Gasteiger partial charge in [0, 0.05) is 10.6 Å². The SMILES string of the molecule is CCOc1ccc([C@@H]2/C(=C(\O)c3ccc(Cl)cc3)C(=O)C(=O)N2c2nc3ccc(F)cc3s2)cc1. The summed E-state index contributed by atoms with van der Waals surface area (Å²) in [7, 11) is 0. The number of thiazole rings is 1. The van der Waals surface area contributed by atoms with Gasteiger partial charge in [-0.3, -0.25) is 14.5 Å². The van der Waals surface area contributed by atoms with Crippen LogP contribution in [0.25, 0.3) is 16.0 Å². The van der Waals surface area contributed by atoms with E-state index in [2.05, 4.69) is 4.98 Å². The van der Waals surface area contributed by atoms with E-state index in [1.165, 1.54) is 23.1 Å². The molecule has 1 fully saturated rings. The van der Waals surface area contributed by atoms with Gasteiger partial charge >= 0.3 is 5.91 Å². The third kappa shape index (κ3) is 4.15. The largest absolute Gasteiger partial charge is 0.507 e. The molecule has 176 valence electrons. The number of carbonyl (C=O) groups is 2. The molecular formula is C26H18ClFN2O4S. The molecule has 1 aliphatic heterocycles. The van der Waals surface area contributed by atoms with Gasteiger partial charge in [0.1, 0.15) is 17.3 Å². The van der Waals surface area contributed by atoms with Crippen molar-refractivity contribution in [2.24, 2.45) is 0 Å². The van der Waals surface area contributed by atoms with Crippen molar-refractivity contribution in [3.8, 4) is 5.75 Å². The first-order chi connectivity index (χ1) is 16.9. The van der Waals surface area contributed by atoms with Gasteiger partial charge in [0.2, 0.25) is 0 Å². The molecule has 6 nitrogen and oxygen atoms in total. The average Bonchev–Trinajstić information content (AvgIpc) is 3.37. The van der Waals surface area contributed by atoms with Crippen LogP contribution in [-0.4, -0.2) is 28.4 Å².